The largest absolute Gasteiger partial charge is 0.465 e. The van der Waals surface area contributed by atoms with E-state index in [9.17, 15) is 4.79 Å². The summed E-state index contributed by atoms with van der Waals surface area (Å²) in [6.07, 6.45) is 0. The molecule has 0 aliphatic carbocycles. The van der Waals surface area contributed by atoms with Gasteiger partial charge in [0.15, 0.2) is 0 Å². The van der Waals surface area contributed by atoms with Crippen LogP contribution in [0.3, 0.4) is 0 Å². The Morgan fingerprint density at radius 3 is 2.62 bits per heavy atom. The van der Waals surface area contributed by atoms with E-state index in [-0.39, 0.29) is 0 Å². The second kappa shape index (κ2) is 4.03. The van der Waals surface area contributed by atoms with Gasteiger partial charge in [-0.2, -0.15) is 0 Å². The maximum Gasteiger partial charge on any atom is 0.337 e. The van der Waals surface area contributed by atoms with Crippen LogP contribution in [-0.4, -0.2) is 13.1 Å². The summed E-state index contributed by atoms with van der Waals surface area (Å²) < 4.78 is 4.55. The van der Waals surface area contributed by atoms with Crippen molar-refractivity contribution in [3.63, 3.8) is 0 Å². The van der Waals surface area contributed by atoms with E-state index in [2.05, 4.69) is 17.4 Å². The lowest BCUT2D eigenvalue weighted by Gasteiger charge is -2.05. The van der Waals surface area contributed by atoms with E-state index in [1.54, 1.807) is 12.1 Å². The maximum atomic E-state index is 11.1. The van der Waals surface area contributed by atoms with Gasteiger partial charge in [0.2, 0.25) is 0 Å². The Morgan fingerprint density at radius 2 is 2.15 bits per heavy atom. The molecule has 0 saturated carbocycles. The SMILES string of the molecule is COC(=O)c1cc(S)c(C)c(Cl)c1. The predicted octanol–water partition coefficient (Wildman–Crippen LogP) is 2.72. The molecule has 1 aromatic carbocycles. The lowest BCUT2D eigenvalue weighted by atomic mass is 10.1. The van der Waals surface area contributed by atoms with E-state index in [1.165, 1.54) is 7.11 Å². The molecule has 0 N–H and O–H groups in total. The van der Waals surface area contributed by atoms with Crippen LogP contribution in [0.1, 0.15) is 15.9 Å². The number of methoxy groups -OCH3 is 1. The van der Waals surface area contributed by atoms with Crippen LogP contribution in [0.2, 0.25) is 5.02 Å². The molecule has 0 spiro atoms. The standard InChI is InChI=1S/C9H9ClO2S/c1-5-7(10)3-6(4-8(5)13)9(11)12-2/h3-4,13H,1-2H3. The molecule has 0 saturated heterocycles. The van der Waals surface area contributed by atoms with Crippen molar-refractivity contribution in [1.29, 1.82) is 0 Å². The van der Waals surface area contributed by atoms with Crippen LogP contribution in [-0.2, 0) is 4.74 Å². The highest BCUT2D eigenvalue weighted by atomic mass is 35.5. The van der Waals surface area contributed by atoms with Gasteiger partial charge in [-0.1, -0.05) is 11.6 Å². The molecular weight excluding hydrogens is 208 g/mol. The number of esters is 1. The normalized spacial score (nSPS) is 9.85. The Bertz CT molecular complexity index is 326. The average Bonchev–Trinajstić information content (AvgIpc) is 2.12. The first-order valence-corrected chi connectivity index (χ1v) is 4.46. The van der Waals surface area contributed by atoms with Crippen molar-refractivity contribution in [2.45, 2.75) is 11.8 Å². The number of ether oxygens (including phenoxy) is 1. The van der Waals surface area contributed by atoms with Gasteiger partial charge in [0.25, 0.3) is 0 Å². The molecular formula is C9H9ClO2S. The van der Waals surface area contributed by atoms with Gasteiger partial charge in [0.05, 0.1) is 12.7 Å². The molecule has 0 heterocycles. The van der Waals surface area contributed by atoms with Gasteiger partial charge >= 0.3 is 5.97 Å². The minimum atomic E-state index is -0.405. The molecule has 2 nitrogen and oxygen atoms in total. The topological polar surface area (TPSA) is 26.3 Å². The molecule has 0 radical (unpaired) electrons. The number of carbonyl (C=O) groups is 1. The molecule has 0 fully saturated rings. The van der Waals surface area contributed by atoms with Gasteiger partial charge in [0, 0.05) is 9.92 Å². The third kappa shape index (κ3) is 2.17. The minimum Gasteiger partial charge on any atom is -0.465 e. The first-order chi connectivity index (χ1) is 6.06. The van der Waals surface area contributed by atoms with Crippen LogP contribution in [0.15, 0.2) is 17.0 Å². The third-order valence-corrected chi connectivity index (χ3v) is 2.60. The summed E-state index contributed by atoms with van der Waals surface area (Å²) >= 11 is 10.0. The van der Waals surface area contributed by atoms with Crippen LogP contribution in [0.4, 0.5) is 0 Å². The van der Waals surface area contributed by atoms with E-state index in [0.717, 1.165) is 5.56 Å². The summed E-state index contributed by atoms with van der Waals surface area (Å²) in [6.45, 7) is 1.84. The van der Waals surface area contributed by atoms with E-state index < -0.39 is 5.97 Å². The molecule has 0 aromatic heterocycles. The van der Waals surface area contributed by atoms with Gasteiger partial charge in [-0.05, 0) is 24.6 Å². The monoisotopic (exact) mass is 216 g/mol. The van der Waals surface area contributed by atoms with Crippen molar-refractivity contribution in [2.24, 2.45) is 0 Å². The van der Waals surface area contributed by atoms with Crippen molar-refractivity contribution in [2.75, 3.05) is 7.11 Å². The number of benzene rings is 1. The molecule has 0 bridgehead atoms. The fourth-order valence-electron chi connectivity index (χ4n) is 0.900. The van der Waals surface area contributed by atoms with Crippen molar-refractivity contribution >= 4 is 30.2 Å². The Kier molecular flexibility index (Phi) is 3.22. The highest BCUT2D eigenvalue weighted by Gasteiger charge is 2.09. The summed E-state index contributed by atoms with van der Waals surface area (Å²) in [5, 5.41) is 0.521. The van der Waals surface area contributed by atoms with E-state index in [0.29, 0.717) is 15.5 Å². The van der Waals surface area contributed by atoms with Crippen LogP contribution in [0.5, 0.6) is 0 Å². The van der Waals surface area contributed by atoms with Crippen molar-refractivity contribution in [3.8, 4) is 0 Å². The summed E-state index contributed by atoms with van der Waals surface area (Å²) in [6, 6.07) is 3.21. The van der Waals surface area contributed by atoms with Gasteiger partial charge in [-0.3, -0.25) is 0 Å². The quantitative estimate of drug-likeness (QED) is 0.577. The minimum absolute atomic E-state index is 0.405. The first kappa shape index (κ1) is 10.4. The number of hydrogen-bond acceptors (Lipinski definition) is 3. The Morgan fingerprint density at radius 1 is 1.54 bits per heavy atom. The van der Waals surface area contributed by atoms with E-state index in [4.69, 9.17) is 11.6 Å². The molecule has 0 unspecified atom stereocenters. The number of hydrogen-bond donors (Lipinski definition) is 1. The smallest absolute Gasteiger partial charge is 0.337 e. The number of halogens is 1. The van der Waals surface area contributed by atoms with Gasteiger partial charge in [0.1, 0.15) is 0 Å². The number of carbonyl (C=O) groups excluding carboxylic acids is 1. The highest BCUT2D eigenvalue weighted by molar-refractivity contribution is 7.80. The maximum absolute atomic E-state index is 11.1. The molecule has 4 heteroatoms. The molecule has 0 amide bonds. The zero-order valence-corrected chi connectivity index (χ0v) is 8.95. The summed E-state index contributed by atoms with van der Waals surface area (Å²) in [7, 11) is 1.33. The zero-order chi connectivity index (χ0) is 10.0. The molecule has 0 atom stereocenters. The molecule has 70 valence electrons. The Hall–Kier alpha value is -0.670. The summed E-state index contributed by atoms with van der Waals surface area (Å²) in [4.78, 5) is 11.8. The Labute approximate surface area is 87.3 Å². The molecule has 0 aliphatic heterocycles. The molecule has 1 aromatic rings. The summed E-state index contributed by atoms with van der Waals surface area (Å²) in [5.74, 6) is -0.405. The van der Waals surface area contributed by atoms with Crippen LogP contribution >= 0.6 is 24.2 Å². The van der Waals surface area contributed by atoms with Gasteiger partial charge in [-0.25, -0.2) is 4.79 Å². The summed E-state index contributed by atoms with van der Waals surface area (Å²) in [5.41, 5.74) is 1.28. The first-order valence-electron chi connectivity index (χ1n) is 3.63. The fourth-order valence-corrected chi connectivity index (χ4v) is 1.44. The van der Waals surface area contributed by atoms with E-state index >= 15 is 0 Å². The molecule has 0 aliphatic rings. The number of thiol groups is 1. The van der Waals surface area contributed by atoms with Crippen molar-refractivity contribution in [1.82, 2.24) is 0 Å². The predicted molar refractivity (Wildman–Crippen MR) is 54.8 cm³/mol. The third-order valence-electron chi connectivity index (χ3n) is 1.74. The second-order valence-corrected chi connectivity index (χ2v) is 3.48. The van der Waals surface area contributed by atoms with Gasteiger partial charge < -0.3 is 4.74 Å². The van der Waals surface area contributed by atoms with Crippen LogP contribution in [0.25, 0.3) is 0 Å². The fraction of sp³-hybridized carbons (Fsp3) is 0.222. The van der Waals surface area contributed by atoms with E-state index in [1.807, 2.05) is 6.92 Å². The highest BCUT2D eigenvalue weighted by Crippen LogP contribution is 2.24. The lowest BCUT2D eigenvalue weighted by Crippen LogP contribution is -2.01. The second-order valence-electron chi connectivity index (χ2n) is 2.59. The van der Waals surface area contributed by atoms with Gasteiger partial charge in [-0.15, -0.1) is 12.6 Å². The molecule has 1 rings (SSSR count). The van der Waals surface area contributed by atoms with Crippen LogP contribution in [0, 0.1) is 6.92 Å². The van der Waals surface area contributed by atoms with Crippen molar-refractivity contribution in [3.05, 3.63) is 28.3 Å². The van der Waals surface area contributed by atoms with Crippen LogP contribution < -0.4 is 0 Å². The number of rotatable bonds is 1. The zero-order valence-electron chi connectivity index (χ0n) is 7.30. The average molecular weight is 217 g/mol. The lowest BCUT2D eigenvalue weighted by molar-refractivity contribution is 0.0600. The molecule has 13 heavy (non-hydrogen) atoms. The van der Waals surface area contributed by atoms with Crippen molar-refractivity contribution < 1.29 is 9.53 Å². The Balaban J connectivity index is 3.20.